The number of nitrogens with zero attached hydrogens (tertiary/aromatic N) is 3. The lowest BCUT2D eigenvalue weighted by Gasteiger charge is -2.27. The maximum absolute atomic E-state index is 11.5. The monoisotopic (exact) mass is 170 g/mol. The van der Waals surface area contributed by atoms with Gasteiger partial charge in [0.15, 0.2) is 0 Å². The summed E-state index contributed by atoms with van der Waals surface area (Å²) in [6, 6.07) is 0. The number of carbonyl (C=O) groups is 1. The van der Waals surface area contributed by atoms with Crippen molar-refractivity contribution in [3.63, 3.8) is 0 Å². The fourth-order valence-corrected chi connectivity index (χ4v) is 1.23. The minimum absolute atomic E-state index is 0.218. The molecular formula is C8H16N3O. The van der Waals surface area contributed by atoms with E-state index in [-0.39, 0.29) is 5.91 Å². The molecule has 0 N–H and O–H groups in total. The highest BCUT2D eigenvalue weighted by molar-refractivity contribution is 5.78. The zero-order valence-electron chi connectivity index (χ0n) is 7.79. The van der Waals surface area contributed by atoms with Crippen LogP contribution in [0.5, 0.6) is 0 Å². The average molecular weight is 170 g/mol. The highest BCUT2D eigenvalue weighted by Gasteiger charge is 2.16. The van der Waals surface area contributed by atoms with Gasteiger partial charge in [0, 0.05) is 26.2 Å². The van der Waals surface area contributed by atoms with Crippen LogP contribution in [0.3, 0.4) is 0 Å². The number of hydrogen-bond donors (Lipinski definition) is 0. The third-order valence-corrected chi connectivity index (χ3v) is 1.86. The van der Waals surface area contributed by atoms with Gasteiger partial charge < -0.3 is 9.80 Å². The molecule has 1 aliphatic heterocycles. The first-order valence-corrected chi connectivity index (χ1v) is 4.26. The van der Waals surface area contributed by atoms with E-state index in [1.165, 1.54) is 0 Å². The number of piperazine rings is 1. The molecule has 0 bridgehead atoms. The van der Waals surface area contributed by atoms with Gasteiger partial charge >= 0.3 is 0 Å². The zero-order chi connectivity index (χ0) is 8.97. The lowest BCUT2D eigenvalue weighted by atomic mass is 10.3. The second kappa shape index (κ2) is 4.42. The zero-order valence-corrected chi connectivity index (χ0v) is 7.79. The van der Waals surface area contributed by atoms with Gasteiger partial charge in [-0.3, -0.25) is 4.79 Å². The molecule has 1 amide bonds. The number of rotatable bonds is 2. The predicted octanol–water partition coefficient (Wildman–Crippen LogP) is -1.01. The lowest BCUT2D eigenvalue weighted by Crippen LogP contribution is -2.46. The van der Waals surface area contributed by atoms with Crippen LogP contribution in [-0.2, 0) is 4.79 Å². The Morgan fingerprint density at radius 1 is 1.42 bits per heavy atom. The van der Waals surface area contributed by atoms with E-state index < -0.39 is 0 Å². The molecule has 1 saturated heterocycles. The standard InChI is InChI=1S/C8H16N3O/c1-10(2)7-8(12)11-5-3-9-4-6-11/h3-7H2,1-2H3. The van der Waals surface area contributed by atoms with E-state index in [0.29, 0.717) is 6.54 Å². The number of amides is 1. The molecular weight excluding hydrogens is 154 g/mol. The molecule has 1 aliphatic rings. The van der Waals surface area contributed by atoms with E-state index in [4.69, 9.17) is 0 Å². The van der Waals surface area contributed by atoms with Crippen molar-refractivity contribution in [1.82, 2.24) is 15.1 Å². The number of likely N-dealkylation sites (N-methyl/N-ethyl adjacent to an activating group) is 1. The SMILES string of the molecule is CN(C)CC(=O)N1CC[N]CC1. The van der Waals surface area contributed by atoms with Crippen molar-refractivity contribution in [3.8, 4) is 0 Å². The van der Waals surface area contributed by atoms with Gasteiger partial charge in [0.05, 0.1) is 6.54 Å². The Morgan fingerprint density at radius 2 is 2.00 bits per heavy atom. The van der Waals surface area contributed by atoms with Crippen molar-refractivity contribution >= 4 is 5.91 Å². The summed E-state index contributed by atoms with van der Waals surface area (Å²) in [5.74, 6) is 0.218. The van der Waals surface area contributed by atoms with Crippen LogP contribution in [0.4, 0.5) is 0 Å². The lowest BCUT2D eigenvalue weighted by molar-refractivity contribution is -0.132. The van der Waals surface area contributed by atoms with Crippen LogP contribution in [0.1, 0.15) is 0 Å². The summed E-state index contributed by atoms with van der Waals surface area (Å²) in [4.78, 5) is 15.2. The molecule has 0 aromatic carbocycles. The van der Waals surface area contributed by atoms with Crippen molar-refractivity contribution in [2.75, 3.05) is 46.8 Å². The van der Waals surface area contributed by atoms with Gasteiger partial charge in [0.2, 0.25) is 5.91 Å². The Balaban J connectivity index is 2.30. The molecule has 0 atom stereocenters. The van der Waals surface area contributed by atoms with E-state index in [1.54, 1.807) is 0 Å². The molecule has 4 heteroatoms. The van der Waals surface area contributed by atoms with E-state index >= 15 is 0 Å². The van der Waals surface area contributed by atoms with E-state index in [9.17, 15) is 4.79 Å². The van der Waals surface area contributed by atoms with Crippen molar-refractivity contribution in [1.29, 1.82) is 0 Å². The fraction of sp³-hybridized carbons (Fsp3) is 0.875. The number of hydrogen-bond acceptors (Lipinski definition) is 2. The first-order valence-electron chi connectivity index (χ1n) is 4.26. The topological polar surface area (TPSA) is 37.7 Å². The third-order valence-electron chi connectivity index (χ3n) is 1.86. The number of carbonyl (C=O) groups excluding carboxylic acids is 1. The average Bonchev–Trinajstić information content (AvgIpc) is 2.05. The van der Waals surface area contributed by atoms with Crippen molar-refractivity contribution < 1.29 is 4.79 Å². The van der Waals surface area contributed by atoms with Gasteiger partial charge in [-0.15, -0.1) is 0 Å². The highest BCUT2D eigenvalue weighted by Crippen LogP contribution is 1.94. The third kappa shape index (κ3) is 2.79. The fourth-order valence-electron chi connectivity index (χ4n) is 1.23. The van der Waals surface area contributed by atoms with Crippen LogP contribution in [0.2, 0.25) is 0 Å². The molecule has 4 nitrogen and oxygen atoms in total. The van der Waals surface area contributed by atoms with Crippen LogP contribution in [0.15, 0.2) is 0 Å². The minimum atomic E-state index is 0.218. The second-order valence-corrected chi connectivity index (χ2v) is 3.29. The predicted molar refractivity (Wildman–Crippen MR) is 47.0 cm³/mol. The molecule has 1 heterocycles. The van der Waals surface area contributed by atoms with E-state index in [1.807, 2.05) is 23.9 Å². The molecule has 0 aliphatic carbocycles. The van der Waals surface area contributed by atoms with Gasteiger partial charge in [-0.1, -0.05) is 0 Å². The molecule has 1 radical (unpaired) electrons. The molecule has 0 saturated carbocycles. The molecule has 12 heavy (non-hydrogen) atoms. The molecule has 0 spiro atoms. The molecule has 69 valence electrons. The largest absolute Gasteiger partial charge is 0.339 e. The summed E-state index contributed by atoms with van der Waals surface area (Å²) in [5.41, 5.74) is 0. The maximum atomic E-state index is 11.5. The van der Waals surface area contributed by atoms with Gasteiger partial charge in [0.25, 0.3) is 0 Å². The Hall–Kier alpha value is -0.610. The molecule has 0 aromatic rings. The van der Waals surface area contributed by atoms with E-state index in [2.05, 4.69) is 5.32 Å². The van der Waals surface area contributed by atoms with Crippen LogP contribution < -0.4 is 5.32 Å². The summed E-state index contributed by atoms with van der Waals surface area (Å²) in [6.45, 7) is 3.72. The Bertz CT molecular complexity index is 152. The Labute approximate surface area is 73.5 Å². The van der Waals surface area contributed by atoms with Crippen LogP contribution in [0, 0.1) is 0 Å². The smallest absolute Gasteiger partial charge is 0.236 e. The summed E-state index contributed by atoms with van der Waals surface area (Å²) < 4.78 is 0. The quantitative estimate of drug-likeness (QED) is 0.533. The summed E-state index contributed by atoms with van der Waals surface area (Å²) in [7, 11) is 3.82. The van der Waals surface area contributed by atoms with Gasteiger partial charge in [-0.2, -0.15) is 0 Å². The molecule has 1 rings (SSSR count). The van der Waals surface area contributed by atoms with Crippen LogP contribution in [-0.4, -0.2) is 62.5 Å². The van der Waals surface area contributed by atoms with Crippen molar-refractivity contribution in [2.24, 2.45) is 0 Å². The van der Waals surface area contributed by atoms with Crippen LogP contribution in [0.25, 0.3) is 0 Å². The second-order valence-electron chi connectivity index (χ2n) is 3.29. The molecule has 1 fully saturated rings. The summed E-state index contributed by atoms with van der Waals surface area (Å²) >= 11 is 0. The molecule has 0 unspecified atom stereocenters. The Kier molecular flexibility index (Phi) is 3.49. The van der Waals surface area contributed by atoms with Crippen molar-refractivity contribution in [2.45, 2.75) is 0 Å². The Morgan fingerprint density at radius 3 is 2.50 bits per heavy atom. The first-order chi connectivity index (χ1) is 5.70. The maximum Gasteiger partial charge on any atom is 0.236 e. The van der Waals surface area contributed by atoms with Gasteiger partial charge in [-0.25, -0.2) is 5.32 Å². The normalized spacial score (nSPS) is 18.4. The van der Waals surface area contributed by atoms with Gasteiger partial charge in [-0.05, 0) is 14.1 Å². The van der Waals surface area contributed by atoms with Gasteiger partial charge in [0.1, 0.15) is 0 Å². The highest BCUT2D eigenvalue weighted by atomic mass is 16.2. The summed E-state index contributed by atoms with van der Waals surface area (Å²) in [5, 5.41) is 4.18. The van der Waals surface area contributed by atoms with E-state index in [0.717, 1.165) is 26.2 Å². The molecule has 0 aromatic heterocycles. The minimum Gasteiger partial charge on any atom is -0.339 e. The summed E-state index contributed by atoms with van der Waals surface area (Å²) in [6.07, 6.45) is 0. The van der Waals surface area contributed by atoms with Crippen molar-refractivity contribution in [3.05, 3.63) is 0 Å². The van der Waals surface area contributed by atoms with Crippen LogP contribution >= 0.6 is 0 Å². The first kappa shape index (κ1) is 9.48.